The number of nitrogens with zero attached hydrogens (tertiary/aromatic N) is 4. The van der Waals surface area contributed by atoms with Crippen molar-refractivity contribution < 1.29 is 17.2 Å². The molecular formula is C21H26N4O4S2. The lowest BCUT2D eigenvalue weighted by molar-refractivity contribution is 0.339. The lowest BCUT2D eigenvalue weighted by Crippen LogP contribution is -2.36. The van der Waals surface area contributed by atoms with Gasteiger partial charge in [0.15, 0.2) is 16.7 Å². The zero-order valence-corrected chi connectivity index (χ0v) is 19.1. The predicted octanol–water partition coefficient (Wildman–Crippen LogP) is 3.19. The predicted molar refractivity (Wildman–Crippen MR) is 121 cm³/mol. The average molecular weight is 463 g/mol. The zero-order chi connectivity index (χ0) is 22.2. The minimum absolute atomic E-state index is 0.212. The van der Waals surface area contributed by atoms with E-state index < -0.39 is 21.1 Å². The van der Waals surface area contributed by atoms with Gasteiger partial charge in [-0.2, -0.15) is 0 Å². The normalized spacial score (nSPS) is 20.6. The molecule has 0 saturated heterocycles. The molecule has 1 fully saturated rings. The van der Waals surface area contributed by atoms with Gasteiger partial charge in [0.05, 0.1) is 16.0 Å². The second-order valence-electron chi connectivity index (χ2n) is 8.14. The number of fused-ring (bicyclic) bond motifs is 1. The van der Waals surface area contributed by atoms with Crippen molar-refractivity contribution >= 4 is 38.0 Å². The number of rotatable bonds is 6. The van der Waals surface area contributed by atoms with Crippen LogP contribution in [-0.2, 0) is 21.1 Å². The Kier molecular flexibility index (Phi) is 6.14. The number of benzene rings is 1. The van der Waals surface area contributed by atoms with Gasteiger partial charge >= 0.3 is 0 Å². The number of aromatic nitrogens is 3. The van der Waals surface area contributed by atoms with Crippen LogP contribution in [0.5, 0.6) is 0 Å². The molecule has 0 amide bonds. The maximum absolute atomic E-state index is 13.2. The van der Waals surface area contributed by atoms with Gasteiger partial charge in [-0.15, -0.1) is 0 Å². The molecule has 0 radical (unpaired) electrons. The first-order chi connectivity index (χ1) is 14.8. The molecule has 1 unspecified atom stereocenters. The second kappa shape index (κ2) is 8.68. The lowest BCUT2D eigenvalue weighted by Gasteiger charge is -2.35. The van der Waals surface area contributed by atoms with Crippen LogP contribution in [0.2, 0.25) is 0 Å². The standard InChI is InChI=1S/C21H26N4O4S2/c1-15-3-9-18(10-4-15)31(28,29)25-12-11-19-20(22-14-23-21(19)25)24(2)17-7-5-16(6-8-17)13-30(26)27/h3-4,9-12,14,16-17H,5-8,13H2,1-2H3,(H,26,27)/t16-,17-. The zero-order valence-electron chi connectivity index (χ0n) is 17.5. The fourth-order valence-corrected chi connectivity index (χ4v) is 6.33. The number of aryl methyl sites for hydroxylation is 1. The summed E-state index contributed by atoms with van der Waals surface area (Å²) >= 11 is -1.76. The van der Waals surface area contributed by atoms with Crippen LogP contribution in [0.15, 0.2) is 47.8 Å². The molecule has 0 spiro atoms. The Balaban J connectivity index is 1.62. The Labute approximate surface area is 184 Å². The van der Waals surface area contributed by atoms with Gasteiger partial charge in [0.1, 0.15) is 12.1 Å². The number of anilines is 1. The van der Waals surface area contributed by atoms with Crippen molar-refractivity contribution in [1.29, 1.82) is 0 Å². The fourth-order valence-electron chi connectivity index (χ4n) is 4.29. The molecule has 8 nitrogen and oxygen atoms in total. The molecule has 0 bridgehead atoms. The molecule has 2 aromatic heterocycles. The number of hydrogen-bond donors (Lipinski definition) is 1. The molecule has 166 valence electrons. The third-order valence-corrected chi connectivity index (χ3v) is 8.52. The molecule has 2 heterocycles. The van der Waals surface area contributed by atoms with Crippen molar-refractivity contribution in [2.45, 2.75) is 43.5 Å². The Morgan fingerprint density at radius 3 is 2.45 bits per heavy atom. The summed E-state index contributed by atoms with van der Waals surface area (Å²) in [5, 5.41) is 0.680. The van der Waals surface area contributed by atoms with Crippen molar-refractivity contribution in [2.75, 3.05) is 17.7 Å². The van der Waals surface area contributed by atoms with E-state index in [-0.39, 0.29) is 16.9 Å². The third-order valence-electron chi connectivity index (χ3n) is 6.08. The summed E-state index contributed by atoms with van der Waals surface area (Å²) in [7, 11) is -1.81. The average Bonchev–Trinajstić information content (AvgIpc) is 3.19. The molecule has 1 aliphatic carbocycles. The number of hydrogen-bond acceptors (Lipinski definition) is 6. The van der Waals surface area contributed by atoms with Crippen LogP contribution in [-0.4, -0.2) is 50.0 Å². The fraction of sp³-hybridized carbons (Fsp3) is 0.429. The quantitative estimate of drug-likeness (QED) is 0.561. The van der Waals surface area contributed by atoms with Crippen LogP contribution in [0.25, 0.3) is 11.0 Å². The molecule has 31 heavy (non-hydrogen) atoms. The van der Waals surface area contributed by atoms with E-state index >= 15 is 0 Å². The van der Waals surface area contributed by atoms with E-state index in [2.05, 4.69) is 14.9 Å². The Morgan fingerprint density at radius 1 is 1.13 bits per heavy atom. The van der Waals surface area contributed by atoms with Crippen molar-refractivity contribution in [2.24, 2.45) is 5.92 Å². The molecule has 1 aliphatic rings. The summed E-state index contributed by atoms with van der Waals surface area (Å²) in [6.07, 6.45) is 6.49. The molecular weight excluding hydrogens is 436 g/mol. The first-order valence-corrected chi connectivity index (χ1v) is 12.9. The van der Waals surface area contributed by atoms with E-state index in [4.69, 9.17) is 4.55 Å². The topological polar surface area (TPSA) is 105 Å². The molecule has 0 aliphatic heterocycles. The van der Waals surface area contributed by atoms with Crippen molar-refractivity contribution in [3.8, 4) is 0 Å². The second-order valence-corrected chi connectivity index (χ2v) is 10.9. The first-order valence-electron chi connectivity index (χ1n) is 10.2. The minimum atomic E-state index is -3.77. The van der Waals surface area contributed by atoms with Crippen LogP contribution < -0.4 is 4.90 Å². The largest absolute Gasteiger partial charge is 0.356 e. The summed E-state index contributed by atoms with van der Waals surface area (Å²) < 4.78 is 47.8. The highest BCUT2D eigenvalue weighted by Gasteiger charge is 2.28. The van der Waals surface area contributed by atoms with E-state index in [1.165, 1.54) is 16.5 Å². The van der Waals surface area contributed by atoms with E-state index in [1.54, 1.807) is 30.3 Å². The minimum Gasteiger partial charge on any atom is -0.356 e. The molecule has 3 aromatic rings. The van der Waals surface area contributed by atoms with Crippen LogP contribution in [0.1, 0.15) is 31.2 Å². The Morgan fingerprint density at radius 2 is 1.81 bits per heavy atom. The third kappa shape index (κ3) is 4.37. The Hall–Kier alpha value is -2.30. The van der Waals surface area contributed by atoms with E-state index in [0.29, 0.717) is 22.6 Å². The summed E-state index contributed by atoms with van der Waals surface area (Å²) in [6, 6.07) is 8.72. The van der Waals surface area contributed by atoms with Gasteiger partial charge in [-0.1, -0.05) is 17.7 Å². The molecule has 1 N–H and O–H groups in total. The summed E-state index contributed by atoms with van der Waals surface area (Å²) in [6.45, 7) is 1.91. The molecule has 1 atom stereocenters. The van der Waals surface area contributed by atoms with E-state index in [0.717, 1.165) is 31.2 Å². The molecule has 4 rings (SSSR count). The lowest BCUT2D eigenvalue weighted by atomic mass is 9.86. The van der Waals surface area contributed by atoms with Crippen LogP contribution in [0, 0.1) is 12.8 Å². The monoisotopic (exact) mass is 462 g/mol. The van der Waals surface area contributed by atoms with Gasteiger partial charge in [-0.25, -0.2) is 26.6 Å². The summed E-state index contributed by atoms with van der Waals surface area (Å²) in [5.74, 6) is 1.28. The highest BCUT2D eigenvalue weighted by atomic mass is 32.2. The van der Waals surface area contributed by atoms with Gasteiger partial charge < -0.3 is 9.45 Å². The first kappa shape index (κ1) is 21.9. The smallest absolute Gasteiger partial charge is 0.269 e. The van der Waals surface area contributed by atoms with Gasteiger partial charge in [0.25, 0.3) is 10.0 Å². The highest BCUT2D eigenvalue weighted by Crippen LogP contribution is 2.33. The van der Waals surface area contributed by atoms with Crippen molar-refractivity contribution in [3.05, 3.63) is 48.4 Å². The van der Waals surface area contributed by atoms with Gasteiger partial charge in [-0.05, 0) is 56.7 Å². The van der Waals surface area contributed by atoms with E-state index in [9.17, 15) is 12.6 Å². The van der Waals surface area contributed by atoms with E-state index in [1.807, 2.05) is 14.0 Å². The summed E-state index contributed by atoms with van der Waals surface area (Å²) in [4.78, 5) is 11.0. The molecule has 10 heteroatoms. The van der Waals surface area contributed by atoms with Gasteiger partial charge in [0, 0.05) is 19.3 Å². The van der Waals surface area contributed by atoms with Gasteiger partial charge in [0.2, 0.25) is 0 Å². The Bertz CT molecular complexity index is 1200. The SMILES string of the molecule is Cc1ccc(S(=O)(=O)n2ccc3c(N(C)[C@H]4CC[C@H](CS(=O)O)CC4)ncnc32)cc1. The van der Waals surface area contributed by atoms with Crippen molar-refractivity contribution in [3.63, 3.8) is 0 Å². The van der Waals surface area contributed by atoms with Crippen LogP contribution in [0.4, 0.5) is 5.82 Å². The van der Waals surface area contributed by atoms with Gasteiger partial charge in [-0.3, -0.25) is 0 Å². The van der Waals surface area contributed by atoms with Crippen molar-refractivity contribution in [1.82, 2.24) is 13.9 Å². The maximum atomic E-state index is 13.2. The summed E-state index contributed by atoms with van der Waals surface area (Å²) in [5.41, 5.74) is 1.34. The highest BCUT2D eigenvalue weighted by molar-refractivity contribution is 7.90. The van der Waals surface area contributed by atoms with Crippen LogP contribution >= 0.6 is 0 Å². The molecule has 1 aromatic carbocycles. The molecule has 1 saturated carbocycles. The maximum Gasteiger partial charge on any atom is 0.269 e. The van der Waals surface area contributed by atoms with Crippen LogP contribution in [0.3, 0.4) is 0 Å².